The molecule has 20 heavy (non-hydrogen) atoms. The number of carbonyl (C=O) groups excluding carboxylic acids is 2. The summed E-state index contributed by atoms with van der Waals surface area (Å²) in [7, 11) is 0. The van der Waals surface area contributed by atoms with E-state index in [1.807, 2.05) is 0 Å². The number of rotatable bonds is 10. The van der Waals surface area contributed by atoms with E-state index in [2.05, 4.69) is 27.7 Å². The molecule has 0 aromatic carbocycles. The Morgan fingerprint density at radius 1 is 0.750 bits per heavy atom. The molecule has 4 heteroatoms. The minimum absolute atomic E-state index is 0.383. The fourth-order valence-corrected chi connectivity index (χ4v) is 1.68. The maximum absolute atomic E-state index is 11.4. The smallest absolute Gasteiger partial charge is 0.331 e. The lowest BCUT2D eigenvalue weighted by Gasteiger charge is -2.11. The average Bonchev–Trinajstić information content (AvgIpc) is 2.47. The molecule has 4 nitrogen and oxygen atoms in total. The van der Waals surface area contributed by atoms with E-state index in [1.165, 1.54) is 0 Å². The van der Waals surface area contributed by atoms with E-state index in [4.69, 9.17) is 9.47 Å². The fraction of sp³-hybridized carbons (Fsp3) is 0.750. The van der Waals surface area contributed by atoms with Crippen LogP contribution in [-0.4, -0.2) is 25.2 Å². The Labute approximate surface area is 122 Å². The number of carbonyl (C=O) groups is 2. The Bertz CT molecular complexity index is 272. The Morgan fingerprint density at radius 3 is 1.30 bits per heavy atom. The minimum Gasteiger partial charge on any atom is -0.462 e. The Kier molecular flexibility index (Phi) is 10.7. The summed E-state index contributed by atoms with van der Waals surface area (Å²) in [6.07, 6.45) is 6.18. The molecule has 0 fully saturated rings. The van der Waals surface area contributed by atoms with Crippen molar-refractivity contribution in [3.63, 3.8) is 0 Å². The number of esters is 2. The normalized spacial score (nSPS) is 11.3. The Hall–Kier alpha value is -1.32. The zero-order chi connectivity index (χ0) is 15.4. The summed E-state index contributed by atoms with van der Waals surface area (Å²) < 4.78 is 10.1. The second-order valence-corrected chi connectivity index (χ2v) is 4.96. The third kappa shape index (κ3) is 8.73. The van der Waals surface area contributed by atoms with Gasteiger partial charge in [0.1, 0.15) is 0 Å². The zero-order valence-corrected chi connectivity index (χ0v) is 13.2. The molecule has 0 amide bonds. The van der Waals surface area contributed by atoms with Gasteiger partial charge in [-0.15, -0.1) is 0 Å². The lowest BCUT2D eigenvalue weighted by Crippen LogP contribution is -2.13. The predicted octanol–water partition coefficient (Wildman–Crippen LogP) is 3.50. The zero-order valence-electron chi connectivity index (χ0n) is 13.2. The van der Waals surface area contributed by atoms with Crippen LogP contribution in [0.25, 0.3) is 0 Å². The Balaban J connectivity index is 3.96. The monoisotopic (exact) mass is 284 g/mol. The van der Waals surface area contributed by atoms with Gasteiger partial charge in [0, 0.05) is 12.2 Å². The molecular formula is C16H28O4. The second-order valence-electron chi connectivity index (χ2n) is 4.96. The largest absolute Gasteiger partial charge is 0.462 e. The molecule has 0 saturated heterocycles. The van der Waals surface area contributed by atoms with Crippen LogP contribution in [-0.2, 0) is 19.1 Å². The highest BCUT2D eigenvalue weighted by molar-refractivity contribution is 5.91. The van der Waals surface area contributed by atoms with Crippen LogP contribution in [0, 0.1) is 11.8 Å². The van der Waals surface area contributed by atoms with Crippen LogP contribution in [0.15, 0.2) is 12.2 Å². The number of ether oxygens (including phenoxy) is 2. The van der Waals surface area contributed by atoms with E-state index < -0.39 is 11.9 Å². The van der Waals surface area contributed by atoms with Gasteiger partial charge >= 0.3 is 11.9 Å². The summed E-state index contributed by atoms with van der Waals surface area (Å²) in [4.78, 5) is 22.8. The first-order chi connectivity index (χ1) is 9.57. The quantitative estimate of drug-likeness (QED) is 0.455. The summed E-state index contributed by atoms with van der Waals surface area (Å²) >= 11 is 0. The summed E-state index contributed by atoms with van der Waals surface area (Å²) in [5.74, 6) is -0.212. The topological polar surface area (TPSA) is 52.6 Å². The van der Waals surface area contributed by atoms with Crippen molar-refractivity contribution in [3.8, 4) is 0 Å². The van der Waals surface area contributed by atoms with Crippen LogP contribution in [0.3, 0.4) is 0 Å². The maximum atomic E-state index is 11.4. The van der Waals surface area contributed by atoms with Crippen LogP contribution < -0.4 is 0 Å². The first-order valence-electron chi connectivity index (χ1n) is 7.58. The van der Waals surface area contributed by atoms with E-state index in [0.717, 1.165) is 37.8 Å². The van der Waals surface area contributed by atoms with E-state index in [0.29, 0.717) is 25.0 Å². The summed E-state index contributed by atoms with van der Waals surface area (Å²) in [5, 5.41) is 0. The van der Waals surface area contributed by atoms with Crippen LogP contribution in [0.1, 0.15) is 53.4 Å². The van der Waals surface area contributed by atoms with E-state index in [9.17, 15) is 9.59 Å². The molecule has 0 aromatic heterocycles. The summed E-state index contributed by atoms with van der Waals surface area (Å²) in [6, 6.07) is 0. The van der Waals surface area contributed by atoms with Crippen LogP contribution >= 0.6 is 0 Å². The maximum Gasteiger partial charge on any atom is 0.331 e. The molecule has 0 N–H and O–H groups in total. The van der Waals surface area contributed by atoms with Crippen LogP contribution in [0.4, 0.5) is 0 Å². The van der Waals surface area contributed by atoms with Gasteiger partial charge in [-0.05, 0) is 11.8 Å². The standard InChI is InChI=1S/C16H28O4/c1-5-13(6-2)11-19-15(17)9-10-16(18)20-12-14(7-3)8-4/h9-10,13-14H,5-8,11-12H2,1-4H3. The van der Waals surface area contributed by atoms with Crippen molar-refractivity contribution in [1.29, 1.82) is 0 Å². The van der Waals surface area contributed by atoms with Gasteiger partial charge in [0.15, 0.2) is 0 Å². The predicted molar refractivity (Wildman–Crippen MR) is 79.2 cm³/mol. The van der Waals surface area contributed by atoms with Crippen molar-refractivity contribution >= 4 is 11.9 Å². The van der Waals surface area contributed by atoms with E-state index in [-0.39, 0.29) is 0 Å². The SMILES string of the molecule is CCC(CC)COC(=O)C=CC(=O)OCC(CC)CC. The van der Waals surface area contributed by atoms with Crippen LogP contribution in [0.2, 0.25) is 0 Å². The minimum atomic E-state index is -0.489. The second kappa shape index (κ2) is 11.5. The van der Waals surface area contributed by atoms with Crippen molar-refractivity contribution in [3.05, 3.63) is 12.2 Å². The molecule has 0 aliphatic carbocycles. The highest BCUT2D eigenvalue weighted by Gasteiger charge is 2.08. The molecule has 0 aromatic rings. The number of hydrogen-bond acceptors (Lipinski definition) is 4. The third-order valence-corrected chi connectivity index (χ3v) is 3.59. The van der Waals surface area contributed by atoms with Gasteiger partial charge in [0.05, 0.1) is 13.2 Å². The molecule has 0 heterocycles. The third-order valence-electron chi connectivity index (χ3n) is 3.59. The number of hydrogen-bond donors (Lipinski definition) is 0. The molecule has 0 rings (SSSR count). The molecular weight excluding hydrogens is 256 g/mol. The van der Waals surface area contributed by atoms with Gasteiger partial charge in [-0.3, -0.25) is 0 Å². The average molecular weight is 284 g/mol. The van der Waals surface area contributed by atoms with Crippen molar-refractivity contribution < 1.29 is 19.1 Å². The van der Waals surface area contributed by atoms with Crippen LogP contribution in [0.5, 0.6) is 0 Å². The van der Waals surface area contributed by atoms with Gasteiger partial charge in [0.25, 0.3) is 0 Å². The highest BCUT2D eigenvalue weighted by atomic mass is 16.5. The van der Waals surface area contributed by atoms with Crippen molar-refractivity contribution in [2.24, 2.45) is 11.8 Å². The molecule has 0 bridgehead atoms. The van der Waals surface area contributed by atoms with Gasteiger partial charge in [-0.1, -0.05) is 53.4 Å². The molecule has 0 unspecified atom stereocenters. The van der Waals surface area contributed by atoms with Crippen molar-refractivity contribution in [1.82, 2.24) is 0 Å². The summed E-state index contributed by atoms with van der Waals surface area (Å²) in [6.45, 7) is 9.05. The van der Waals surface area contributed by atoms with Crippen molar-refractivity contribution in [2.75, 3.05) is 13.2 Å². The molecule has 0 radical (unpaired) electrons. The van der Waals surface area contributed by atoms with Gasteiger partial charge in [0.2, 0.25) is 0 Å². The first-order valence-corrected chi connectivity index (χ1v) is 7.58. The molecule has 116 valence electrons. The molecule has 0 spiro atoms. The fourth-order valence-electron chi connectivity index (χ4n) is 1.68. The summed E-state index contributed by atoms with van der Waals surface area (Å²) in [5.41, 5.74) is 0. The van der Waals surface area contributed by atoms with Gasteiger partial charge in [-0.2, -0.15) is 0 Å². The lowest BCUT2D eigenvalue weighted by molar-refractivity contribution is -0.141. The van der Waals surface area contributed by atoms with Gasteiger partial charge < -0.3 is 9.47 Å². The van der Waals surface area contributed by atoms with Crippen molar-refractivity contribution in [2.45, 2.75) is 53.4 Å². The van der Waals surface area contributed by atoms with Gasteiger partial charge in [-0.25, -0.2) is 9.59 Å². The molecule has 0 aliphatic rings. The molecule has 0 aliphatic heterocycles. The van der Waals surface area contributed by atoms with E-state index >= 15 is 0 Å². The molecule has 0 atom stereocenters. The van der Waals surface area contributed by atoms with E-state index in [1.54, 1.807) is 0 Å². The lowest BCUT2D eigenvalue weighted by atomic mass is 10.1. The highest BCUT2D eigenvalue weighted by Crippen LogP contribution is 2.08. The first kappa shape index (κ1) is 18.7. The molecule has 0 saturated carbocycles. The Morgan fingerprint density at radius 2 is 1.05 bits per heavy atom.